The molecule has 1 saturated heterocycles. The maximum atomic E-state index is 13.3. The van der Waals surface area contributed by atoms with E-state index < -0.39 is 25.6 Å². The molecule has 1 N–H and O–H groups in total. The summed E-state index contributed by atoms with van der Waals surface area (Å²) in [5, 5.41) is 0. The van der Waals surface area contributed by atoms with Crippen molar-refractivity contribution in [3.63, 3.8) is 0 Å². The Balaban J connectivity index is 1.70. The first-order valence-electron chi connectivity index (χ1n) is 12.5. The lowest BCUT2D eigenvalue weighted by Gasteiger charge is -2.42. The number of amides is 1. The van der Waals surface area contributed by atoms with E-state index in [1.807, 2.05) is 20.8 Å². The van der Waals surface area contributed by atoms with Gasteiger partial charge in [-0.2, -0.15) is 0 Å². The van der Waals surface area contributed by atoms with Gasteiger partial charge in [0.15, 0.2) is 0 Å². The maximum Gasteiger partial charge on any atom is 0.410 e. The molecule has 1 heterocycles. The summed E-state index contributed by atoms with van der Waals surface area (Å²) in [4.78, 5) is 16.5. The second-order valence-electron chi connectivity index (χ2n) is 10.7. The Morgan fingerprint density at radius 1 is 0.917 bits per heavy atom. The average Bonchev–Trinajstić information content (AvgIpc) is 3.03. The normalized spacial score (nSPS) is 22.9. The van der Waals surface area contributed by atoms with Crippen LogP contribution < -0.4 is 4.72 Å². The first kappa shape index (κ1) is 28.8. The van der Waals surface area contributed by atoms with Gasteiger partial charge in [0.25, 0.3) is 0 Å². The summed E-state index contributed by atoms with van der Waals surface area (Å²) in [7, 11) is -4.62. The van der Waals surface area contributed by atoms with Crippen molar-refractivity contribution in [3.05, 3.63) is 24.3 Å². The van der Waals surface area contributed by atoms with E-state index in [-0.39, 0.29) is 28.0 Å². The summed E-state index contributed by atoms with van der Waals surface area (Å²) in [6.07, 6.45) is 4.28. The molecular formula is C24H40N4O6S2. The maximum absolute atomic E-state index is 13.3. The van der Waals surface area contributed by atoms with Crippen LogP contribution in [0.25, 0.3) is 0 Å². The van der Waals surface area contributed by atoms with Crippen molar-refractivity contribution < 1.29 is 26.4 Å². The molecule has 0 aromatic heterocycles. The monoisotopic (exact) mass is 544 g/mol. The van der Waals surface area contributed by atoms with E-state index >= 15 is 0 Å². The highest BCUT2D eigenvalue weighted by Crippen LogP contribution is 2.26. The molecule has 204 valence electrons. The highest BCUT2D eigenvalue weighted by atomic mass is 32.2. The molecule has 0 radical (unpaired) electrons. The second kappa shape index (κ2) is 11.3. The number of hydrogen-bond acceptors (Lipinski definition) is 7. The third-order valence-corrected chi connectivity index (χ3v) is 9.97. The predicted octanol–water partition coefficient (Wildman–Crippen LogP) is 2.47. The number of sulfonamides is 2. The number of carbonyl (C=O) groups is 1. The van der Waals surface area contributed by atoms with Crippen molar-refractivity contribution in [2.45, 2.75) is 80.4 Å². The molecule has 1 aromatic rings. The molecule has 1 amide bonds. The highest BCUT2D eigenvalue weighted by Gasteiger charge is 2.35. The van der Waals surface area contributed by atoms with Gasteiger partial charge in [-0.1, -0.05) is 19.3 Å². The van der Waals surface area contributed by atoms with Gasteiger partial charge in [-0.05, 0) is 57.9 Å². The number of nitrogens with zero attached hydrogens (tertiary/aromatic N) is 3. The highest BCUT2D eigenvalue weighted by molar-refractivity contribution is 7.89. The fraction of sp³-hybridized carbons (Fsp3) is 0.708. The van der Waals surface area contributed by atoms with Crippen LogP contribution in [-0.2, 0) is 24.8 Å². The van der Waals surface area contributed by atoms with Crippen molar-refractivity contribution in [1.29, 1.82) is 0 Å². The smallest absolute Gasteiger partial charge is 0.410 e. The SMILES string of the molecule is CN(C)S(=O)(=O)c1ccc(S(=O)(=O)N[C@H]2CCCCC[C@H]2N2CCN(C(=O)OC(C)(C)C)CC2)cc1. The van der Waals surface area contributed by atoms with Crippen LogP contribution in [0, 0.1) is 0 Å². The first-order chi connectivity index (χ1) is 16.7. The third kappa shape index (κ3) is 7.18. The average molecular weight is 545 g/mol. The summed E-state index contributed by atoms with van der Waals surface area (Å²) >= 11 is 0. The van der Waals surface area contributed by atoms with Gasteiger partial charge in [0.2, 0.25) is 20.0 Å². The molecule has 0 spiro atoms. The number of rotatable bonds is 6. The van der Waals surface area contributed by atoms with Crippen molar-refractivity contribution in [2.75, 3.05) is 40.3 Å². The van der Waals surface area contributed by atoms with Crippen molar-refractivity contribution in [3.8, 4) is 0 Å². The number of hydrogen-bond donors (Lipinski definition) is 1. The van der Waals surface area contributed by atoms with E-state index in [1.165, 1.54) is 38.4 Å². The first-order valence-corrected chi connectivity index (χ1v) is 15.4. The molecule has 10 nitrogen and oxygen atoms in total. The molecule has 1 aliphatic carbocycles. The van der Waals surface area contributed by atoms with Gasteiger partial charge in [0, 0.05) is 52.4 Å². The number of ether oxygens (including phenoxy) is 1. The zero-order chi connectivity index (χ0) is 26.7. The van der Waals surface area contributed by atoms with Gasteiger partial charge in [0.1, 0.15) is 5.60 Å². The Kier molecular flexibility index (Phi) is 9.08. The van der Waals surface area contributed by atoms with E-state index in [9.17, 15) is 21.6 Å². The minimum atomic E-state index is -3.84. The molecule has 2 fully saturated rings. The minimum Gasteiger partial charge on any atom is -0.444 e. The van der Waals surface area contributed by atoms with E-state index in [2.05, 4.69) is 9.62 Å². The molecule has 36 heavy (non-hydrogen) atoms. The van der Waals surface area contributed by atoms with Gasteiger partial charge < -0.3 is 9.64 Å². The molecular weight excluding hydrogens is 504 g/mol. The largest absolute Gasteiger partial charge is 0.444 e. The fourth-order valence-corrected chi connectivity index (χ4v) is 6.90. The number of piperazine rings is 1. The van der Waals surface area contributed by atoms with Crippen LogP contribution in [0.15, 0.2) is 34.1 Å². The Morgan fingerprint density at radius 2 is 1.47 bits per heavy atom. The molecule has 2 aliphatic rings. The van der Waals surface area contributed by atoms with Gasteiger partial charge >= 0.3 is 6.09 Å². The second-order valence-corrected chi connectivity index (χ2v) is 14.6. The van der Waals surface area contributed by atoms with E-state index in [0.29, 0.717) is 26.2 Å². The quantitative estimate of drug-likeness (QED) is 0.547. The Hall–Kier alpha value is -1.73. The molecule has 12 heteroatoms. The Bertz CT molecular complexity index is 1110. The van der Waals surface area contributed by atoms with Crippen LogP contribution in [0.3, 0.4) is 0 Å². The lowest BCUT2D eigenvalue weighted by molar-refractivity contribution is 0.00819. The van der Waals surface area contributed by atoms with Gasteiger partial charge in [-0.3, -0.25) is 4.90 Å². The molecule has 3 rings (SSSR count). The van der Waals surface area contributed by atoms with Gasteiger partial charge in [0.05, 0.1) is 9.79 Å². The zero-order valence-electron chi connectivity index (χ0n) is 21.9. The summed E-state index contributed by atoms with van der Waals surface area (Å²) in [5.41, 5.74) is -0.548. The summed E-state index contributed by atoms with van der Waals surface area (Å²) in [6, 6.07) is 5.08. The lowest BCUT2D eigenvalue weighted by atomic mass is 10.0. The molecule has 2 atom stereocenters. The number of benzene rings is 1. The standard InChI is InChI=1S/C24H40N4O6S2/c1-24(2,3)34-23(29)28-17-15-27(16-18-28)22-10-8-6-7-9-21(22)25-35(30,31)19-11-13-20(14-12-19)36(32,33)26(4)5/h11-14,21-22,25H,6-10,15-18H2,1-5H3/t21-,22+/m0/s1. The number of nitrogens with one attached hydrogen (secondary N) is 1. The lowest BCUT2D eigenvalue weighted by Crippen LogP contribution is -2.58. The van der Waals surface area contributed by atoms with Crippen LogP contribution in [0.1, 0.15) is 52.9 Å². The van der Waals surface area contributed by atoms with E-state index in [1.54, 1.807) is 4.90 Å². The predicted molar refractivity (Wildman–Crippen MR) is 138 cm³/mol. The van der Waals surface area contributed by atoms with Crippen LogP contribution >= 0.6 is 0 Å². The van der Waals surface area contributed by atoms with Crippen molar-refractivity contribution in [2.24, 2.45) is 0 Å². The van der Waals surface area contributed by atoms with Gasteiger partial charge in [-0.25, -0.2) is 30.7 Å². The Morgan fingerprint density at radius 3 is 2.03 bits per heavy atom. The molecule has 0 unspecified atom stereocenters. The van der Waals surface area contributed by atoms with Crippen LogP contribution in [0.2, 0.25) is 0 Å². The molecule has 0 bridgehead atoms. The Labute approximate surface area is 216 Å². The van der Waals surface area contributed by atoms with E-state index in [4.69, 9.17) is 4.74 Å². The molecule has 1 aromatic carbocycles. The van der Waals surface area contributed by atoms with E-state index in [0.717, 1.165) is 36.4 Å². The third-order valence-electron chi connectivity index (χ3n) is 6.63. The number of carbonyl (C=O) groups excluding carboxylic acids is 1. The minimum absolute atomic E-state index is 0.0245. The van der Waals surface area contributed by atoms with Crippen molar-refractivity contribution >= 4 is 26.1 Å². The van der Waals surface area contributed by atoms with Crippen molar-refractivity contribution in [1.82, 2.24) is 18.8 Å². The topological polar surface area (TPSA) is 116 Å². The summed E-state index contributed by atoms with van der Waals surface area (Å²) in [6.45, 7) is 7.91. The van der Waals surface area contributed by atoms with Crippen LogP contribution in [-0.4, -0.2) is 95.0 Å². The summed E-state index contributed by atoms with van der Waals surface area (Å²) in [5.74, 6) is 0. The summed E-state index contributed by atoms with van der Waals surface area (Å²) < 4.78 is 60.6. The molecule has 1 saturated carbocycles. The fourth-order valence-electron chi connectivity index (χ4n) is 4.69. The molecule has 1 aliphatic heterocycles. The van der Waals surface area contributed by atoms with Crippen LogP contribution in [0.5, 0.6) is 0 Å². The van der Waals surface area contributed by atoms with Gasteiger partial charge in [-0.15, -0.1) is 0 Å². The zero-order valence-corrected chi connectivity index (χ0v) is 23.6. The van der Waals surface area contributed by atoms with Crippen LogP contribution in [0.4, 0.5) is 4.79 Å².